The van der Waals surface area contributed by atoms with Gasteiger partial charge in [0.05, 0.1) is 0 Å². The second-order valence-electron chi connectivity index (χ2n) is 4.61. The lowest BCUT2D eigenvalue weighted by Crippen LogP contribution is -2.37. The van der Waals surface area contributed by atoms with Crippen molar-refractivity contribution in [1.29, 1.82) is 0 Å². The van der Waals surface area contributed by atoms with Gasteiger partial charge in [0.15, 0.2) is 6.42 Å². The van der Waals surface area contributed by atoms with E-state index in [1.165, 1.54) is 0 Å². The van der Waals surface area contributed by atoms with Gasteiger partial charge in [-0.05, 0) is 23.1 Å². The lowest BCUT2D eigenvalue weighted by molar-refractivity contribution is 0.822. The molecular weight excluding hydrogens is 218 g/mol. The molecular formula is C13H15BFS-. The van der Waals surface area contributed by atoms with Gasteiger partial charge >= 0.3 is 0 Å². The normalized spacial score (nSPS) is 12.0. The summed E-state index contributed by atoms with van der Waals surface area (Å²) in [5.74, 6) is 0. The Morgan fingerprint density at radius 2 is 1.69 bits per heavy atom. The second kappa shape index (κ2) is 4.13. The van der Waals surface area contributed by atoms with E-state index in [2.05, 4.69) is 6.07 Å². The van der Waals surface area contributed by atoms with Crippen molar-refractivity contribution in [3.05, 3.63) is 36.4 Å². The highest BCUT2D eigenvalue weighted by Gasteiger charge is 2.16. The molecule has 3 heteroatoms. The third kappa shape index (κ3) is 1.96. The minimum Gasteiger partial charge on any atom is -0.512 e. The summed E-state index contributed by atoms with van der Waals surface area (Å²) >= 11 is 1.67. The fourth-order valence-corrected chi connectivity index (χ4v) is 2.73. The molecule has 2 aromatic rings. The third-order valence-corrected chi connectivity index (χ3v) is 3.64. The summed E-state index contributed by atoms with van der Waals surface area (Å²) in [6.07, 6.45) is 0.0750. The van der Waals surface area contributed by atoms with Crippen LogP contribution in [-0.4, -0.2) is 12.7 Å². The van der Waals surface area contributed by atoms with Crippen molar-refractivity contribution < 1.29 is 4.32 Å². The van der Waals surface area contributed by atoms with Gasteiger partial charge in [0.25, 0.3) is 0 Å². The summed E-state index contributed by atoms with van der Waals surface area (Å²) in [7, 11) is 0. The first-order chi connectivity index (χ1) is 7.54. The van der Waals surface area contributed by atoms with Gasteiger partial charge in [-0.3, -0.25) is 0 Å². The molecule has 0 fully saturated rings. The van der Waals surface area contributed by atoms with Gasteiger partial charge in [-0.2, -0.15) is 19.1 Å². The molecule has 0 saturated heterocycles. The molecule has 0 aliphatic carbocycles. The quantitative estimate of drug-likeness (QED) is 0.559. The van der Waals surface area contributed by atoms with Crippen LogP contribution in [0.2, 0.25) is 13.6 Å². The Morgan fingerprint density at radius 3 is 2.25 bits per heavy atom. The molecule has 84 valence electrons. The highest BCUT2D eigenvalue weighted by atomic mass is 32.2. The molecule has 0 aliphatic heterocycles. The smallest absolute Gasteiger partial charge is 0.177 e. The van der Waals surface area contributed by atoms with Crippen LogP contribution in [0, 0.1) is 0 Å². The zero-order chi connectivity index (χ0) is 11.8. The lowest BCUT2D eigenvalue weighted by Gasteiger charge is -2.25. The number of thioether (sulfide) groups is 1. The maximum atomic E-state index is 14.2. The Morgan fingerprint density at radius 1 is 1.06 bits per heavy atom. The molecule has 0 aliphatic rings. The predicted octanol–water partition coefficient (Wildman–Crippen LogP) is 3.94. The van der Waals surface area contributed by atoms with Crippen molar-refractivity contribution in [3.63, 3.8) is 0 Å². The Balaban J connectivity index is 2.84. The summed E-state index contributed by atoms with van der Waals surface area (Å²) in [6, 6.07) is 12.0. The first-order valence-electron chi connectivity index (χ1n) is 5.51. The highest BCUT2D eigenvalue weighted by molar-refractivity contribution is 7.98. The van der Waals surface area contributed by atoms with Gasteiger partial charge in [-0.25, -0.2) is 0 Å². The first-order valence-corrected chi connectivity index (χ1v) is 6.74. The number of hydrogen-bond acceptors (Lipinski definition) is 1. The summed E-state index contributed by atoms with van der Waals surface area (Å²) in [6.45, 7) is 3.34. The molecule has 0 saturated carbocycles. The molecule has 0 amide bonds. The van der Waals surface area contributed by atoms with Crippen molar-refractivity contribution >= 4 is 34.4 Å². The van der Waals surface area contributed by atoms with Crippen molar-refractivity contribution in [2.75, 3.05) is 6.26 Å². The summed E-state index contributed by atoms with van der Waals surface area (Å²) in [4.78, 5) is 1.15. The predicted molar refractivity (Wildman–Crippen MR) is 74.0 cm³/mol. The minimum absolute atomic E-state index is 0.836. The molecule has 0 unspecified atom stereocenters. The Hall–Kier alpha value is -0.955. The molecule has 0 bridgehead atoms. The summed E-state index contributed by atoms with van der Waals surface area (Å²) in [5.41, 5.74) is 0.836. The van der Waals surface area contributed by atoms with E-state index in [-0.39, 0.29) is 0 Å². The minimum atomic E-state index is -1.96. The summed E-state index contributed by atoms with van der Waals surface area (Å²) < 4.78 is 14.2. The average Bonchev–Trinajstić information content (AvgIpc) is 2.26. The fourth-order valence-electron chi connectivity index (χ4n) is 2.08. The van der Waals surface area contributed by atoms with Crippen LogP contribution in [0.25, 0.3) is 10.8 Å². The summed E-state index contributed by atoms with van der Waals surface area (Å²) in [5, 5.41) is 2.20. The zero-order valence-electron chi connectivity index (χ0n) is 9.83. The van der Waals surface area contributed by atoms with E-state index < -0.39 is 6.42 Å². The van der Waals surface area contributed by atoms with Crippen LogP contribution in [0.1, 0.15) is 0 Å². The molecule has 2 rings (SSSR count). The van der Waals surface area contributed by atoms with Crippen LogP contribution >= 0.6 is 11.8 Å². The van der Waals surface area contributed by atoms with Gasteiger partial charge in [-0.1, -0.05) is 30.3 Å². The van der Waals surface area contributed by atoms with E-state index in [0.29, 0.717) is 0 Å². The fraction of sp³-hybridized carbons (Fsp3) is 0.231. The van der Waals surface area contributed by atoms with Crippen LogP contribution in [0.15, 0.2) is 41.3 Å². The van der Waals surface area contributed by atoms with Gasteiger partial charge in [0.2, 0.25) is 0 Å². The Labute approximate surface area is 100 Å². The van der Waals surface area contributed by atoms with Crippen molar-refractivity contribution in [2.45, 2.75) is 18.5 Å². The van der Waals surface area contributed by atoms with E-state index in [9.17, 15) is 4.32 Å². The molecule has 0 nitrogen and oxygen atoms in total. The van der Waals surface area contributed by atoms with E-state index in [1.54, 1.807) is 25.4 Å². The molecule has 0 aromatic heterocycles. The number of hydrogen-bond donors (Lipinski definition) is 0. The van der Waals surface area contributed by atoms with Crippen molar-refractivity contribution in [3.8, 4) is 0 Å². The van der Waals surface area contributed by atoms with E-state index >= 15 is 0 Å². The van der Waals surface area contributed by atoms with Crippen molar-refractivity contribution in [2.24, 2.45) is 0 Å². The maximum Gasteiger partial charge on any atom is 0.177 e. The monoisotopic (exact) mass is 233 g/mol. The van der Waals surface area contributed by atoms with Crippen LogP contribution in [0.5, 0.6) is 0 Å². The zero-order valence-corrected chi connectivity index (χ0v) is 10.6. The SMILES string of the molecule is CSc1cccc2cccc([B-](C)(C)F)c12. The third-order valence-electron chi connectivity index (χ3n) is 2.86. The molecule has 0 radical (unpaired) electrons. The van der Waals surface area contributed by atoms with E-state index in [4.69, 9.17) is 0 Å². The van der Waals surface area contributed by atoms with Crippen LogP contribution in [-0.2, 0) is 0 Å². The van der Waals surface area contributed by atoms with Gasteiger partial charge in [-0.15, -0.1) is 11.8 Å². The molecule has 0 N–H and O–H groups in total. The van der Waals surface area contributed by atoms with E-state index in [1.807, 2.05) is 36.6 Å². The lowest BCUT2D eigenvalue weighted by atomic mass is 9.42. The topological polar surface area (TPSA) is 0 Å². The van der Waals surface area contributed by atoms with Crippen molar-refractivity contribution in [1.82, 2.24) is 0 Å². The molecule has 0 atom stereocenters. The Kier molecular flexibility index (Phi) is 2.98. The molecule has 0 spiro atoms. The average molecular weight is 233 g/mol. The highest BCUT2D eigenvalue weighted by Crippen LogP contribution is 2.26. The van der Waals surface area contributed by atoms with Gasteiger partial charge in [0.1, 0.15) is 0 Å². The van der Waals surface area contributed by atoms with Gasteiger partial charge < -0.3 is 4.32 Å². The number of fused-ring (bicyclic) bond motifs is 1. The van der Waals surface area contributed by atoms with Crippen LogP contribution in [0.3, 0.4) is 0 Å². The number of rotatable bonds is 2. The number of halogens is 1. The maximum absolute atomic E-state index is 14.2. The molecule has 16 heavy (non-hydrogen) atoms. The molecule has 2 aromatic carbocycles. The van der Waals surface area contributed by atoms with Crippen LogP contribution < -0.4 is 5.46 Å². The van der Waals surface area contributed by atoms with Crippen LogP contribution in [0.4, 0.5) is 4.32 Å². The largest absolute Gasteiger partial charge is 0.512 e. The standard InChI is InChI=1S/C13H15BFS/c1-14(2,15)11-8-4-6-10-7-5-9-12(16-3)13(10)11/h4-9H,1-3H3/q-1. The molecule has 0 heterocycles. The second-order valence-corrected chi connectivity index (χ2v) is 5.45. The first kappa shape index (κ1) is 11.5. The van der Waals surface area contributed by atoms with Gasteiger partial charge in [0, 0.05) is 4.90 Å². The Bertz CT molecular complexity index is 512. The number of benzene rings is 2. The van der Waals surface area contributed by atoms with E-state index in [0.717, 1.165) is 21.1 Å².